The van der Waals surface area contributed by atoms with Gasteiger partial charge in [0.15, 0.2) is 11.5 Å². The molecule has 0 radical (unpaired) electrons. The van der Waals surface area contributed by atoms with Crippen LogP contribution in [0.4, 0.5) is 0 Å². The lowest BCUT2D eigenvalue weighted by Gasteiger charge is -2.11. The normalized spacial score (nSPS) is 17.0. The van der Waals surface area contributed by atoms with Crippen molar-refractivity contribution in [3.63, 3.8) is 0 Å². The first-order chi connectivity index (χ1) is 9.72. The second-order valence-electron chi connectivity index (χ2n) is 4.94. The van der Waals surface area contributed by atoms with Crippen LogP contribution in [-0.2, 0) is 11.3 Å². The molecule has 2 rings (SSSR count). The first kappa shape index (κ1) is 14.4. The third-order valence-electron chi connectivity index (χ3n) is 3.50. The molecule has 1 aliphatic carbocycles. The maximum absolute atomic E-state index is 11.8. The van der Waals surface area contributed by atoms with Crippen molar-refractivity contribution in [3.8, 4) is 11.5 Å². The Balaban J connectivity index is 1.86. The third kappa shape index (κ3) is 3.76. The van der Waals surface area contributed by atoms with E-state index in [1.54, 1.807) is 14.2 Å². The SMILES string of the molecule is COc1ccc(CNC(=O)C[C@H]2C=CCC2)cc1OC. The maximum atomic E-state index is 11.8. The fraction of sp³-hybridized carbons (Fsp3) is 0.438. The van der Waals surface area contributed by atoms with E-state index in [2.05, 4.69) is 17.5 Å². The molecule has 1 atom stereocenters. The largest absolute Gasteiger partial charge is 0.493 e. The lowest BCUT2D eigenvalue weighted by molar-refractivity contribution is -0.121. The van der Waals surface area contributed by atoms with Crippen LogP contribution in [0.5, 0.6) is 11.5 Å². The van der Waals surface area contributed by atoms with Crippen LogP contribution in [0.15, 0.2) is 30.4 Å². The predicted octanol–water partition coefficient (Wildman–Crippen LogP) is 2.68. The molecule has 20 heavy (non-hydrogen) atoms. The number of hydrogen-bond acceptors (Lipinski definition) is 3. The number of methoxy groups -OCH3 is 2. The number of carbonyl (C=O) groups excluding carboxylic acids is 1. The second kappa shape index (κ2) is 6.98. The van der Waals surface area contributed by atoms with Gasteiger partial charge in [-0.25, -0.2) is 0 Å². The highest BCUT2D eigenvalue weighted by molar-refractivity contribution is 5.76. The summed E-state index contributed by atoms with van der Waals surface area (Å²) in [5.41, 5.74) is 0.998. The van der Waals surface area contributed by atoms with Crippen LogP contribution in [-0.4, -0.2) is 20.1 Å². The van der Waals surface area contributed by atoms with Crippen molar-refractivity contribution < 1.29 is 14.3 Å². The highest BCUT2D eigenvalue weighted by Crippen LogP contribution is 2.27. The van der Waals surface area contributed by atoms with Crippen molar-refractivity contribution in [1.82, 2.24) is 5.32 Å². The number of ether oxygens (including phenoxy) is 2. The number of hydrogen-bond donors (Lipinski definition) is 1. The Kier molecular flexibility index (Phi) is 5.04. The van der Waals surface area contributed by atoms with Gasteiger partial charge in [0, 0.05) is 13.0 Å². The van der Waals surface area contributed by atoms with Crippen molar-refractivity contribution in [2.45, 2.75) is 25.8 Å². The van der Waals surface area contributed by atoms with Gasteiger partial charge >= 0.3 is 0 Å². The van der Waals surface area contributed by atoms with Gasteiger partial charge in [-0.15, -0.1) is 0 Å². The van der Waals surface area contributed by atoms with E-state index < -0.39 is 0 Å². The number of allylic oxidation sites excluding steroid dienone is 2. The van der Waals surface area contributed by atoms with Crippen molar-refractivity contribution >= 4 is 5.91 Å². The van der Waals surface area contributed by atoms with Crippen LogP contribution in [0.25, 0.3) is 0 Å². The summed E-state index contributed by atoms with van der Waals surface area (Å²) < 4.78 is 10.4. The molecule has 1 aromatic carbocycles. The molecular formula is C16H21NO3. The zero-order chi connectivity index (χ0) is 14.4. The average Bonchev–Trinajstić information content (AvgIpc) is 2.97. The summed E-state index contributed by atoms with van der Waals surface area (Å²) in [6.07, 6.45) is 7.03. The molecule has 0 fully saturated rings. The van der Waals surface area contributed by atoms with E-state index in [4.69, 9.17) is 9.47 Å². The van der Waals surface area contributed by atoms with E-state index in [1.165, 1.54) is 0 Å². The van der Waals surface area contributed by atoms with Gasteiger partial charge in [0.05, 0.1) is 14.2 Å². The van der Waals surface area contributed by atoms with Crippen molar-refractivity contribution in [2.24, 2.45) is 5.92 Å². The summed E-state index contributed by atoms with van der Waals surface area (Å²) in [4.78, 5) is 11.8. The van der Waals surface area contributed by atoms with E-state index >= 15 is 0 Å². The van der Waals surface area contributed by atoms with E-state index in [9.17, 15) is 4.79 Å². The summed E-state index contributed by atoms with van der Waals surface area (Å²) in [5.74, 6) is 1.87. The minimum atomic E-state index is 0.0938. The molecule has 0 unspecified atom stereocenters. The third-order valence-corrected chi connectivity index (χ3v) is 3.50. The molecule has 0 saturated heterocycles. The minimum absolute atomic E-state index is 0.0938. The Labute approximate surface area is 119 Å². The zero-order valence-corrected chi connectivity index (χ0v) is 12.0. The smallest absolute Gasteiger partial charge is 0.220 e. The monoisotopic (exact) mass is 275 g/mol. The average molecular weight is 275 g/mol. The Hall–Kier alpha value is -1.97. The zero-order valence-electron chi connectivity index (χ0n) is 12.0. The highest BCUT2D eigenvalue weighted by atomic mass is 16.5. The summed E-state index contributed by atoms with van der Waals surface area (Å²) in [7, 11) is 3.21. The predicted molar refractivity (Wildman–Crippen MR) is 77.9 cm³/mol. The van der Waals surface area contributed by atoms with Crippen LogP contribution in [0, 0.1) is 5.92 Å². The summed E-state index contributed by atoms with van der Waals surface area (Å²) >= 11 is 0. The van der Waals surface area contributed by atoms with Gasteiger partial charge in [-0.2, -0.15) is 0 Å². The fourth-order valence-corrected chi connectivity index (χ4v) is 2.37. The van der Waals surface area contributed by atoms with Crippen molar-refractivity contribution in [2.75, 3.05) is 14.2 Å². The minimum Gasteiger partial charge on any atom is -0.493 e. The molecule has 4 heteroatoms. The highest BCUT2D eigenvalue weighted by Gasteiger charge is 2.13. The van der Waals surface area contributed by atoms with Crippen LogP contribution >= 0.6 is 0 Å². The number of nitrogens with one attached hydrogen (secondary N) is 1. The second-order valence-corrected chi connectivity index (χ2v) is 4.94. The number of rotatable bonds is 6. The molecule has 4 nitrogen and oxygen atoms in total. The van der Waals surface area contributed by atoms with Gasteiger partial charge in [0.2, 0.25) is 5.91 Å². The molecule has 0 bridgehead atoms. The number of benzene rings is 1. The van der Waals surface area contributed by atoms with Crippen LogP contribution in [0.1, 0.15) is 24.8 Å². The quantitative estimate of drug-likeness (QED) is 0.812. The Morgan fingerprint density at radius 2 is 2.10 bits per heavy atom. The van der Waals surface area contributed by atoms with Crippen LogP contribution < -0.4 is 14.8 Å². The van der Waals surface area contributed by atoms with Gasteiger partial charge in [-0.05, 0) is 36.5 Å². The maximum Gasteiger partial charge on any atom is 0.220 e. The summed E-state index contributed by atoms with van der Waals surface area (Å²) in [6.45, 7) is 0.510. The van der Waals surface area contributed by atoms with Crippen LogP contribution in [0.3, 0.4) is 0 Å². The van der Waals surface area contributed by atoms with Gasteiger partial charge in [-0.1, -0.05) is 18.2 Å². The molecule has 1 amide bonds. The molecule has 0 spiro atoms. The number of amides is 1. The molecule has 1 aromatic rings. The standard InChI is InChI=1S/C16H21NO3/c1-19-14-8-7-13(9-15(14)20-2)11-17-16(18)10-12-5-3-4-6-12/h3,5,7-9,12H,4,6,10-11H2,1-2H3,(H,17,18)/t12-/m0/s1. The van der Waals surface area contributed by atoms with E-state index in [0.717, 1.165) is 18.4 Å². The van der Waals surface area contributed by atoms with Crippen molar-refractivity contribution in [1.29, 1.82) is 0 Å². The Morgan fingerprint density at radius 1 is 1.30 bits per heavy atom. The van der Waals surface area contributed by atoms with Gasteiger partial charge in [0.1, 0.15) is 0 Å². The fourth-order valence-electron chi connectivity index (χ4n) is 2.37. The summed E-state index contributed by atoms with van der Waals surface area (Å²) in [5, 5.41) is 2.95. The Morgan fingerprint density at radius 3 is 2.75 bits per heavy atom. The molecule has 0 saturated carbocycles. The molecular weight excluding hydrogens is 254 g/mol. The van der Waals surface area contributed by atoms with Crippen LogP contribution in [0.2, 0.25) is 0 Å². The summed E-state index contributed by atoms with van der Waals surface area (Å²) in [6, 6.07) is 5.66. The van der Waals surface area contributed by atoms with E-state index in [1.807, 2.05) is 18.2 Å². The number of carbonyl (C=O) groups is 1. The lowest BCUT2D eigenvalue weighted by atomic mass is 10.1. The first-order valence-corrected chi connectivity index (χ1v) is 6.87. The topological polar surface area (TPSA) is 47.6 Å². The van der Waals surface area contributed by atoms with Gasteiger partial charge in [-0.3, -0.25) is 4.79 Å². The van der Waals surface area contributed by atoms with E-state index in [0.29, 0.717) is 30.4 Å². The van der Waals surface area contributed by atoms with Gasteiger partial charge in [0.25, 0.3) is 0 Å². The molecule has 0 aliphatic heterocycles. The van der Waals surface area contributed by atoms with Crippen molar-refractivity contribution in [3.05, 3.63) is 35.9 Å². The molecule has 1 aliphatic rings. The van der Waals surface area contributed by atoms with Gasteiger partial charge < -0.3 is 14.8 Å². The van der Waals surface area contributed by atoms with E-state index in [-0.39, 0.29) is 5.91 Å². The lowest BCUT2D eigenvalue weighted by Crippen LogP contribution is -2.24. The Bertz CT molecular complexity index is 496. The molecule has 108 valence electrons. The molecule has 0 aromatic heterocycles. The molecule has 1 N–H and O–H groups in total. The first-order valence-electron chi connectivity index (χ1n) is 6.87. The molecule has 0 heterocycles.